The molecule has 0 saturated carbocycles. The average Bonchev–Trinajstić information content (AvgIpc) is 2.80. The maximum absolute atomic E-state index is 11.6. The predicted octanol–water partition coefficient (Wildman–Crippen LogP) is 5.11. The lowest BCUT2D eigenvalue weighted by molar-refractivity contribution is 0.00578. The van der Waals surface area contributed by atoms with Crippen LogP contribution in [0.4, 0.5) is 0 Å². The molecular weight excluding hydrogens is 323 g/mol. The minimum absolute atomic E-state index is 0.0822. The van der Waals surface area contributed by atoms with Crippen molar-refractivity contribution >= 4 is 12.9 Å². The van der Waals surface area contributed by atoms with Crippen LogP contribution in [0.2, 0.25) is 6.32 Å². The maximum Gasteiger partial charge on any atom is 0.458 e. The van der Waals surface area contributed by atoms with Crippen LogP contribution in [0.3, 0.4) is 0 Å². The molecule has 0 aromatic heterocycles. The van der Waals surface area contributed by atoms with Crippen LogP contribution in [0.5, 0.6) is 0 Å². The van der Waals surface area contributed by atoms with E-state index in [0.717, 1.165) is 17.4 Å². The quantitative estimate of drug-likeness (QED) is 0.555. The van der Waals surface area contributed by atoms with Gasteiger partial charge in [0.2, 0.25) is 0 Å². The lowest BCUT2D eigenvalue weighted by atomic mass is 9.72. The number of rotatable bonds is 5. The monoisotopic (exact) mass is 350 g/mol. The first-order valence-electron chi connectivity index (χ1n) is 9.21. The Bertz CT molecular complexity index is 750. The van der Waals surface area contributed by atoms with Gasteiger partial charge in [-0.1, -0.05) is 54.6 Å². The third-order valence-electron chi connectivity index (χ3n) is 5.65. The molecule has 136 valence electrons. The van der Waals surface area contributed by atoms with Gasteiger partial charge in [0.1, 0.15) is 0 Å². The number of benzene rings is 2. The largest absolute Gasteiger partial charge is 0.458 e. The molecule has 0 N–H and O–H groups in total. The molecule has 4 heteroatoms. The second-order valence-corrected chi connectivity index (χ2v) is 8.06. The Labute approximate surface area is 156 Å². The van der Waals surface area contributed by atoms with Gasteiger partial charge in [-0.2, -0.15) is 0 Å². The van der Waals surface area contributed by atoms with Crippen LogP contribution in [0.25, 0.3) is 0 Å². The molecule has 0 amide bonds. The average molecular weight is 350 g/mol. The molecule has 0 aliphatic carbocycles. The molecule has 3 rings (SSSR count). The van der Waals surface area contributed by atoms with E-state index in [1.54, 1.807) is 6.92 Å². The van der Waals surface area contributed by atoms with E-state index in [1.807, 2.05) is 30.3 Å². The van der Waals surface area contributed by atoms with Crippen molar-refractivity contribution in [3.05, 3.63) is 71.3 Å². The topological polar surface area (TPSA) is 35.5 Å². The van der Waals surface area contributed by atoms with E-state index in [-0.39, 0.29) is 30.0 Å². The van der Waals surface area contributed by atoms with Gasteiger partial charge in [0.25, 0.3) is 0 Å². The van der Waals surface area contributed by atoms with Gasteiger partial charge in [0.15, 0.2) is 5.78 Å². The van der Waals surface area contributed by atoms with Gasteiger partial charge in [-0.15, -0.1) is 0 Å². The van der Waals surface area contributed by atoms with Crippen molar-refractivity contribution in [3.63, 3.8) is 0 Å². The SMILES string of the molecule is CC(=O)c1ccc(C(CB2OC(C)(C)C(C)(C)O2)c2ccccc2)cc1. The van der Waals surface area contributed by atoms with E-state index in [0.29, 0.717) is 0 Å². The fraction of sp³-hybridized carbons (Fsp3) is 0.409. The number of carbonyl (C=O) groups excluding carboxylic acids is 1. The fourth-order valence-electron chi connectivity index (χ4n) is 3.35. The molecule has 1 aliphatic heterocycles. The van der Waals surface area contributed by atoms with Gasteiger partial charge in [-0.25, -0.2) is 0 Å². The van der Waals surface area contributed by atoms with E-state index in [2.05, 4.69) is 52.0 Å². The highest BCUT2D eigenvalue weighted by atomic mass is 16.7. The molecule has 0 radical (unpaired) electrons. The number of hydrogen-bond donors (Lipinski definition) is 0. The van der Waals surface area contributed by atoms with Crippen molar-refractivity contribution in [1.29, 1.82) is 0 Å². The van der Waals surface area contributed by atoms with Gasteiger partial charge in [-0.05, 0) is 52.1 Å². The summed E-state index contributed by atoms with van der Waals surface area (Å²) in [5.74, 6) is 0.227. The number of hydrogen-bond acceptors (Lipinski definition) is 3. The Hall–Kier alpha value is -1.91. The molecule has 0 spiro atoms. The van der Waals surface area contributed by atoms with Crippen molar-refractivity contribution in [3.8, 4) is 0 Å². The highest BCUT2D eigenvalue weighted by Gasteiger charge is 2.51. The van der Waals surface area contributed by atoms with Gasteiger partial charge in [-0.3, -0.25) is 4.79 Å². The van der Waals surface area contributed by atoms with Crippen LogP contribution in [0.15, 0.2) is 54.6 Å². The third kappa shape index (κ3) is 3.77. The van der Waals surface area contributed by atoms with E-state index < -0.39 is 0 Å². The molecule has 1 saturated heterocycles. The Morgan fingerprint density at radius 3 is 1.88 bits per heavy atom. The summed E-state index contributed by atoms with van der Waals surface area (Å²) in [6.45, 7) is 9.89. The van der Waals surface area contributed by atoms with Crippen LogP contribution >= 0.6 is 0 Å². The van der Waals surface area contributed by atoms with E-state index in [4.69, 9.17) is 9.31 Å². The Morgan fingerprint density at radius 1 is 0.885 bits per heavy atom. The van der Waals surface area contributed by atoms with Gasteiger partial charge < -0.3 is 9.31 Å². The molecule has 2 aromatic rings. The maximum atomic E-state index is 11.6. The molecule has 1 aliphatic rings. The predicted molar refractivity (Wildman–Crippen MR) is 106 cm³/mol. The van der Waals surface area contributed by atoms with Crippen molar-refractivity contribution < 1.29 is 14.1 Å². The standard InChI is InChI=1S/C22H27BO3/c1-16(24)17-11-13-19(14-12-17)20(18-9-7-6-8-10-18)15-23-25-21(2,3)22(4,5)26-23/h6-14,20H,15H2,1-5H3. The normalized spacial score (nSPS) is 19.3. The zero-order valence-electron chi connectivity index (χ0n) is 16.3. The summed E-state index contributed by atoms with van der Waals surface area (Å²) in [5.41, 5.74) is 2.44. The van der Waals surface area contributed by atoms with Crippen molar-refractivity contribution in [2.45, 2.75) is 58.1 Å². The smallest absolute Gasteiger partial charge is 0.403 e. The van der Waals surface area contributed by atoms with E-state index in [1.165, 1.54) is 5.56 Å². The van der Waals surface area contributed by atoms with Gasteiger partial charge in [0, 0.05) is 11.5 Å². The van der Waals surface area contributed by atoms with Crippen LogP contribution in [-0.4, -0.2) is 24.1 Å². The minimum atomic E-state index is -0.336. The number of carbonyl (C=O) groups is 1. The Kier molecular flexibility index (Phi) is 5.09. The van der Waals surface area contributed by atoms with Crippen molar-refractivity contribution in [1.82, 2.24) is 0 Å². The molecule has 1 unspecified atom stereocenters. The summed E-state index contributed by atoms with van der Waals surface area (Å²) >= 11 is 0. The summed E-state index contributed by atoms with van der Waals surface area (Å²) in [4.78, 5) is 11.6. The summed E-state index contributed by atoms with van der Waals surface area (Å²) in [7, 11) is -0.266. The van der Waals surface area contributed by atoms with Gasteiger partial charge in [0.05, 0.1) is 11.2 Å². The van der Waals surface area contributed by atoms with E-state index >= 15 is 0 Å². The number of Topliss-reactive ketones (excluding diaryl/α,β-unsaturated/α-hetero) is 1. The molecule has 3 nitrogen and oxygen atoms in total. The fourth-order valence-corrected chi connectivity index (χ4v) is 3.35. The molecule has 0 bridgehead atoms. The second-order valence-electron chi connectivity index (χ2n) is 8.06. The minimum Gasteiger partial charge on any atom is -0.403 e. The van der Waals surface area contributed by atoms with Crippen LogP contribution in [0, 0.1) is 0 Å². The van der Waals surface area contributed by atoms with Crippen molar-refractivity contribution in [2.24, 2.45) is 0 Å². The highest BCUT2D eigenvalue weighted by Crippen LogP contribution is 2.41. The van der Waals surface area contributed by atoms with Gasteiger partial charge >= 0.3 is 7.12 Å². The zero-order valence-corrected chi connectivity index (χ0v) is 16.3. The highest BCUT2D eigenvalue weighted by molar-refractivity contribution is 6.45. The molecule has 1 fully saturated rings. The summed E-state index contributed by atoms with van der Waals surface area (Å²) < 4.78 is 12.4. The number of ketones is 1. The summed E-state index contributed by atoms with van der Waals surface area (Å²) in [6.07, 6.45) is 0.732. The summed E-state index contributed by atoms with van der Waals surface area (Å²) in [5, 5.41) is 0. The zero-order chi connectivity index (χ0) is 18.9. The molecule has 1 heterocycles. The van der Waals surface area contributed by atoms with Crippen LogP contribution in [-0.2, 0) is 9.31 Å². The third-order valence-corrected chi connectivity index (χ3v) is 5.65. The van der Waals surface area contributed by atoms with Crippen molar-refractivity contribution in [2.75, 3.05) is 0 Å². The van der Waals surface area contributed by atoms with Crippen LogP contribution in [0.1, 0.15) is 62.0 Å². The van der Waals surface area contributed by atoms with Crippen LogP contribution < -0.4 is 0 Å². The molecule has 2 aromatic carbocycles. The van der Waals surface area contributed by atoms with E-state index in [9.17, 15) is 4.79 Å². The first kappa shape index (κ1) is 18.9. The Morgan fingerprint density at radius 2 is 1.38 bits per heavy atom. The lowest BCUT2D eigenvalue weighted by Crippen LogP contribution is -2.41. The summed E-state index contributed by atoms with van der Waals surface area (Å²) in [6, 6.07) is 18.3. The first-order valence-corrected chi connectivity index (χ1v) is 9.21. The molecule has 26 heavy (non-hydrogen) atoms. The second kappa shape index (κ2) is 7.01. The molecule has 1 atom stereocenters. The Balaban J connectivity index is 1.89. The molecular formula is C22H27BO3. The first-order chi connectivity index (χ1) is 12.2. The lowest BCUT2D eigenvalue weighted by Gasteiger charge is -2.32.